The summed E-state index contributed by atoms with van der Waals surface area (Å²) in [4.78, 5) is 14.5. The molecule has 0 unspecified atom stereocenters. The van der Waals surface area contributed by atoms with Crippen LogP contribution in [0.15, 0.2) is 53.4 Å². The van der Waals surface area contributed by atoms with E-state index < -0.39 is 10.0 Å². The molecule has 1 saturated heterocycles. The minimum absolute atomic E-state index is 0.0618. The van der Waals surface area contributed by atoms with Gasteiger partial charge in [-0.1, -0.05) is 17.7 Å². The van der Waals surface area contributed by atoms with Crippen molar-refractivity contribution < 1.29 is 13.2 Å². The van der Waals surface area contributed by atoms with Gasteiger partial charge in [0.25, 0.3) is 5.91 Å². The third-order valence-electron chi connectivity index (χ3n) is 4.31. The molecular formula is C18H21N3O3S. The number of hydrogen-bond acceptors (Lipinski definition) is 4. The molecule has 2 aromatic rings. The predicted octanol–water partition coefficient (Wildman–Crippen LogP) is 1.72. The van der Waals surface area contributed by atoms with Gasteiger partial charge in [0.1, 0.15) is 0 Å². The van der Waals surface area contributed by atoms with Crippen LogP contribution in [0.25, 0.3) is 0 Å². The highest BCUT2D eigenvalue weighted by Gasteiger charge is 2.30. The van der Waals surface area contributed by atoms with Crippen LogP contribution in [-0.2, 0) is 10.0 Å². The van der Waals surface area contributed by atoms with Gasteiger partial charge in [-0.2, -0.15) is 4.31 Å². The molecule has 25 heavy (non-hydrogen) atoms. The number of benzene rings is 2. The van der Waals surface area contributed by atoms with Crippen LogP contribution in [0.2, 0.25) is 0 Å². The first-order chi connectivity index (χ1) is 11.9. The van der Waals surface area contributed by atoms with Crippen LogP contribution in [0.5, 0.6) is 0 Å². The molecule has 1 fully saturated rings. The van der Waals surface area contributed by atoms with E-state index in [1.807, 2.05) is 25.1 Å². The van der Waals surface area contributed by atoms with E-state index in [4.69, 9.17) is 5.73 Å². The Labute approximate surface area is 147 Å². The first-order valence-electron chi connectivity index (χ1n) is 8.09. The SMILES string of the molecule is Cc1cccc(C(=O)N2CCN(S(=O)(=O)c3ccc(N)cc3)CC2)c1. The van der Waals surface area contributed by atoms with Crippen LogP contribution in [0.4, 0.5) is 5.69 Å². The number of carbonyl (C=O) groups is 1. The van der Waals surface area contributed by atoms with Crippen LogP contribution in [0, 0.1) is 6.92 Å². The van der Waals surface area contributed by atoms with Crippen molar-refractivity contribution in [3.8, 4) is 0 Å². The van der Waals surface area contributed by atoms with Gasteiger partial charge in [0.15, 0.2) is 0 Å². The fourth-order valence-corrected chi connectivity index (χ4v) is 4.30. The number of sulfonamides is 1. The second kappa shape index (κ2) is 6.85. The number of hydrogen-bond donors (Lipinski definition) is 1. The van der Waals surface area contributed by atoms with Crippen molar-refractivity contribution in [3.05, 3.63) is 59.7 Å². The van der Waals surface area contributed by atoms with E-state index >= 15 is 0 Å². The number of anilines is 1. The van der Waals surface area contributed by atoms with Crippen LogP contribution < -0.4 is 5.73 Å². The third kappa shape index (κ3) is 3.67. The number of carbonyl (C=O) groups excluding carboxylic acids is 1. The van der Waals surface area contributed by atoms with Crippen LogP contribution >= 0.6 is 0 Å². The maximum Gasteiger partial charge on any atom is 0.253 e. The fraction of sp³-hybridized carbons (Fsp3) is 0.278. The lowest BCUT2D eigenvalue weighted by Crippen LogP contribution is -2.50. The summed E-state index contributed by atoms with van der Waals surface area (Å²) in [5.74, 6) is -0.0618. The highest BCUT2D eigenvalue weighted by molar-refractivity contribution is 7.89. The molecule has 0 spiro atoms. The number of nitrogens with zero attached hydrogens (tertiary/aromatic N) is 2. The summed E-state index contributed by atoms with van der Waals surface area (Å²) in [6, 6.07) is 13.6. The van der Waals surface area contributed by atoms with Crippen molar-refractivity contribution in [2.45, 2.75) is 11.8 Å². The molecule has 1 amide bonds. The minimum Gasteiger partial charge on any atom is -0.399 e. The van der Waals surface area contributed by atoms with Crippen molar-refractivity contribution >= 4 is 21.6 Å². The van der Waals surface area contributed by atoms with Crippen LogP contribution in [0.1, 0.15) is 15.9 Å². The zero-order chi connectivity index (χ0) is 18.0. The average Bonchev–Trinajstić information content (AvgIpc) is 2.61. The number of piperazine rings is 1. The van der Waals surface area contributed by atoms with Crippen molar-refractivity contribution in [1.82, 2.24) is 9.21 Å². The van der Waals surface area contributed by atoms with E-state index in [-0.39, 0.29) is 23.9 Å². The molecule has 0 saturated carbocycles. The van der Waals surface area contributed by atoms with Crippen LogP contribution in [-0.4, -0.2) is 49.7 Å². The predicted molar refractivity (Wildman–Crippen MR) is 96.7 cm³/mol. The Morgan fingerprint density at radius 3 is 2.24 bits per heavy atom. The van der Waals surface area contributed by atoms with E-state index in [9.17, 15) is 13.2 Å². The largest absolute Gasteiger partial charge is 0.399 e. The number of nitrogen functional groups attached to an aromatic ring is 1. The Balaban J connectivity index is 1.69. The molecule has 132 valence electrons. The molecule has 0 atom stereocenters. The van der Waals surface area contributed by atoms with E-state index in [2.05, 4.69) is 0 Å². The Morgan fingerprint density at radius 2 is 1.64 bits per heavy atom. The van der Waals surface area contributed by atoms with Gasteiger partial charge < -0.3 is 10.6 Å². The topological polar surface area (TPSA) is 83.7 Å². The summed E-state index contributed by atoms with van der Waals surface area (Å²) in [5.41, 5.74) is 7.79. The Kier molecular flexibility index (Phi) is 4.78. The quantitative estimate of drug-likeness (QED) is 0.846. The number of amides is 1. The lowest BCUT2D eigenvalue weighted by molar-refractivity contribution is 0.0698. The summed E-state index contributed by atoms with van der Waals surface area (Å²) in [5, 5.41) is 0. The van der Waals surface area contributed by atoms with E-state index in [1.54, 1.807) is 23.1 Å². The van der Waals surface area contributed by atoms with E-state index in [0.29, 0.717) is 24.3 Å². The first-order valence-corrected chi connectivity index (χ1v) is 9.53. The van der Waals surface area contributed by atoms with Gasteiger partial charge in [0, 0.05) is 37.4 Å². The molecule has 0 radical (unpaired) electrons. The zero-order valence-corrected chi connectivity index (χ0v) is 14.9. The van der Waals surface area contributed by atoms with Gasteiger partial charge in [0.2, 0.25) is 10.0 Å². The lowest BCUT2D eigenvalue weighted by atomic mass is 10.1. The van der Waals surface area contributed by atoms with Crippen molar-refractivity contribution in [2.75, 3.05) is 31.9 Å². The average molecular weight is 359 g/mol. The molecule has 0 aromatic heterocycles. The van der Waals surface area contributed by atoms with Crippen molar-refractivity contribution in [2.24, 2.45) is 0 Å². The summed E-state index contributed by atoms with van der Waals surface area (Å²) in [7, 11) is -3.56. The first kappa shape index (κ1) is 17.4. The number of aryl methyl sites for hydroxylation is 1. The molecule has 1 heterocycles. The molecule has 2 N–H and O–H groups in total. The Hall–Kier alpha value is -2.38. The molecule has 1 aliphatic heterocycles. The standard InChI is InChI=1S/C18H21N3O3S/c1-14-3-2-4-15(13-14)18(22)20-9-11-21(12-10-20)25(23,24)17-7-5-16(19)6-8-17/h2-8,13H,9-12,19H2,1H3. The number of rotatable bonds is 3. The second-order valence-electron chi connectivity index (χ2n) is 6.13. The molecule has 7 heteroatoms. The molecule has 0 bridgehead atoms. The molecular weight excluding hydrogens is 338 g/mol. The summed E-state index contributed by atoms with van der Waals surface area (Å²) in [6.07, 6.45) is 0. The summed E-state index contributed by atoms with van der Waals surface area (Å²) >= 11 is 0. The molecule has 1 aliphatic rings. The van der Waals surface area contributed by atoms with E-state index in [0.717, 1.165) is 5.56 Å². The van der Waals surface area contributed by atoms with Gasteiger partial charge >= 0.3 is 0 Å². The minimum atomic E-state index is -3.56. The highest BCUT2D eigenvalue weighted by atomic mass is 32.2. The van der Waals surface area contributed by atoms with Gasteiger partial charge in [-0.25, -0.2) is 8.42 Å². The lowest BCUT2D eigenvalue weighted by Gasteiger charge is -2.34. The van der Waals surface area contributed by atoms with Crippen molar-refractivity contribution in [3.63, 3.8) is 0 Å². The molecule has 2 aromatic carbocycles. The van der Waals surface area contributed by atoms with Gasteiger partial charge in [-0.05, 0) is 43.3 Å². The van der Waals surface area contributed by atoms with Gasteiger partial charge in [-0.15, -0.1) is 0 Å². The van der Waals surface area contributed by atoms with E-state index in [1.165, 1.54) is 16.4 Å². The van der Waals surface area contributed by atoms with Crippen molar-refractivity contribution in [1.29, 1.82) is 0 Å². The van der Waals surface area contributed by atoms with Gasteiger partial charge in [0.05, 0.1) is 4.90 Å². The smallest absolute Gasteiger partial charge is 0.253 e. The van der Waals surface area contributed by atoms with Gasteiger partial charge in [-0.3, -0.25) is 4.79 Å². The molecule has 6 nitrogen and oxygen atoms in total. The second-order valence-corrected chi connectivity index (χ2v) is 8.07. The number of nitrogens with two attached hydrogens (primary N) is 1. The monoisotopic (exact) mass is 359 g/mol. The maximum absolute atomic E-state index is 12.7. The normalized spacial score (nSPS) is 16.0. The Morgan fingerprint density at radius 1 is 1.00 bits per heavy atom. The summed E-state index contributed by atoms with van der Waals surface area (Å²) in [6.45, 7) is 3.25. The zero-order valence-electron chi connectivity index (χ0n) is 14.1. The van der Waals surface area contributed by atoms with Crippen LogP contribution in [0.3, 0.4) is 0 Å². The Bertz CT molecular complexity index is 871. The summed E-state index contributed by atoms with van der Waals surface area (Å²) < 4.78 is 26.8. The fourth-order valence-electron chi connectivity index (χ4n) is 2.88. The highest BCUT2D eigenvalue weighted by Crippen LogP contribution is 2.19. The molecule has 3 rings (SSSR count). The third-order valence-corrected chi connectivity index (χ3v) is 6.22. The maximum atomic E-state index is 12.7. The molecule has 0 aliphatic carbocycles.